The Kier molecular flexibility index (Phi) is 3.47. The smallest absolute Gasteiger partial charge is 0.244 e. The Bertz CT molecular complexity index is 1030. The predicted molar refractivity (Wildman–Crippen MR) is 97.8 cm³/mol. The van der Waals surface area contributed by atoms with Crippen molar-refractivity contribution in [3.05, 3.63) is 65.4 Å². The molecule has 0 radical (unpaired) electrons. The number of aromatic nitrogens is 1. The molecule has 4 rings (SSSR count). The average molecular weight is 352 g/mol. The summed E-state index contributed by atoms with van der Waals surface area (Å²) in [4.78, 5) is 29.7. The molecule has 25 heavy (non-hydrogen) atoms. The fourth-order valence-electron chi connectivity index (χ4n) is 3.10. The zero-order valence-electron chi connectivity index (χ0n) is 13.3. The van der Waals surface area contributed by atoms with Gasteiger partial charge in [-0.15, -0.1) is 0 Å². The topological polar surface area (TPSA) is 71.1 Å². The van der Waals surface area contributed by atoms with E-state index in [1.807, 2.05) is 24.3 Å². The number of anilines is 2. The summed E-state index contributed by atoms with van der Waals surface area (Å²) in [7, 11) is 0. The number of carbonyl (C=O) groups is 2. The van der Waals surface area contributed by atoms with Gasteiger partial charge in [-0.1, -0.05) is 35.9 Å². The van der Waals surface area contributed by atoms with Crippen LogP contribution in [0.2, 0.25) is 5.02 Å². The van der Waals surface area contributed by atoms with Gasteiger partial charge in [-0.3, -0.25) is 14.6 Å². The number of benzene rings is 2. The summed E-state index contributed by atoms with van der Waals surface area (Å²) in [6, 6.07) is 12.6. The lowest BCUT2D eigenvalue weighted by atomic mass is 9.82. The van der Waals surface area contributed by atoms with Crippen molar-refractivity contribution in [1.29, 1.82) is 0 Å². The van der Waals surface area contributed by atoms with Crippen molar-refractivity contribution in [3.63, 3.8) is 0 Å². The molecule has 0 saturated heterocycles. The third kappa shape index (κ3) is 2.36. The van der Waals surface area contributed by atoms with Gasteiger partial charge >= 0.3 is 0 Å². The molecule has 2 amide bonds. The monoisotopic (exact) mass is 351 g/mol. The van der Waals surface area contributed by atoms with Crippen LogP contribution in [0.1, 0.15) is 12.5 Å². The van der Waals surface area contributed by atoms with Crippen molar-refractivity contribution in [2.75, 3.05) is 10.6 Å². The van der Waals surface area contributed by atoms with Crippen molar-refractivity contribution in [2.24, 2.45) is 0 Å². The summed E-state index contributed by atoms with van der Waals surface area (Å²) in [6.45, 7) is 1.60. The highest BCUT2D eigenvalue weighted by atomic mass is 35.5. The molecule has 2 aromatic carbocycles. The van der Waals surface area contributed by atoms with Crippen LogP contribution in [0.25, 0.3) is 10.8 Å². The molecule has 2 heterocycles. The molecule has 5 nitrogen and oxygen atoms in total. The highest BCUT2D eigenvalue weighted by Crippen LogP contribution is 2.40. The van der Waals surface area contributed by atoms with E-state index in [9.17, 15) is 9.59 Å². The van der Waals surface area contributed by atoms with E-state index in [1.54, 1.807) is 37.5 Å². The first-order chi connectivity index (χ1) is 12.0. The molecule has 2 N–H and O–H groups in total. The predicted octanol–water partition coefficient (Wildman–Crippen LogP) is 3.74. The van der Waals surface area contributed by atoms with E-state index in [4.69, 9.17) is 11.6 Å². The second-order valence-corrected chi connectivity index (χ2v) is 6.57. The van der Waals surface area contributed by atoms with E-state index in [0.29, 0.717) is 22.0 Å². The van der Waals surface area contributed by atoms with Crippen molar-refractivity contribution in [1.82, 2.24) is 4.98 Å². The summed E-state index contributed by atoms with van der Waals surface area (Å²) >= 11 is 6.06. The Labute approximate surface area is 149 Å². The average Bonchev–Trinajstić information content (AvgIpc) is 2.87. The van der Waals surface area contributed by atoms with E-state index >= 15 is 0 Å². The summed E-state index contributed by atoms with van der Waals surface area (Å²) < 4.78 is 0. The van der Waals surface area contributed by atoms with Gasteiger partial charge in [0.25, 0.3) is 0 Å². The molecule has 0 aliphatic carbocycles. The van der Waals surface area contributed by atoms with Gasteiger partial charge in [-0.25, -0.2) is 0 Å². The minimum Gasteiger partial charge on any atom is -0.325 e. The van der Waals surface area contributed by atoms with Crippen molar-refractivity contribution < 1.29 is 9.59 Å². The Morgan fingerprint density at radius 2 is 2.00 bits per heavy atom. The van der Waals surface area contributed by atoms with Crippen LogP contribution in [-0.2, 0) is 15.0 Å². The van der Waals surface area contributed by atoms with Gasteiger partial charge in [0.1, 0.15) is 0 Å². The van der Waals surface area contributed by atoms with Gasteiger partial charge in [0.15, 0.2) is 5.41 Å². The molecule has 3 aromatic rings. The molecule has 1 aromatic heterocycles. The molecule has 1 unspecified atom stereocenters. The van der Waals surface area contributed by atoms with Gasteiger partial charge < -0.3 is 10.6 Å². The molecule has 0 bridgehead atoms. The molecule has 0 spiro atoms. The van der Waals surface area contributed by atoms with Gasteiger partial charge in [-0.2, -0.15) is 0 Å². The van der Waals surface area contributed by atoms with Gasteiger partial charge in [-0.05, 0) is 25.1 Å². The largest absolute Gasteiger partial charge is 0.325 e. The van der Waals surface area contributed by atoms with E-state index < -0.39 is 11.3 Å². The maximum atomic E-state index is 13.0. The molecule has 0 saturated carbocycles. The Balaban J connectivity index is 1.76. The SMILES string of the molecule is CC1(C(=O)Nc2cncc3ccccc23)C(=O)Nc2ccc(Cl)cc21. The van der Waals surface area contributed by atoms with Crippen LogP contribution in [0.4, 0.5) is 11.4 Å². The molecule has 124 valence electrons. The maximum Gasteiger partial charge on any atom is 0.244 e. The third-order valence-electron chi connectivity index (χ3n) is 4.59. The number of pyridine rings is 1. The lowest BCUT2D eigenvalue weighted by molar-refractivity contribution is -0.130. The Hall–Kier alpha value is -2.92. The Morgan fingerprint density at radius 1 is 1.20 bits per heavy atom. The standard InChI is InChI=1S/C19H14ClN3O2/c1-19(14-8-12(20)6-7-15(14)22-17(19)24)18(25)23-16-10-21-9-11-4-2-3-5-13(11)16/h2-10H,1H3,(H,22,24)(H,23,25). The third-order valence-corrected chi connectivity index (χ3v) is 4.83. The molecular weight excluding hydrogens is 338 g/mol. The molecule has 0 fully saturated rings. The van der Waals surface area contributed by atoms with E-state index in [1.165, 1.54) is 0 Å². The lowest BCUT2D eigenvalue weighted by Crippen LogP contribution is -2.43. The first kappa shape index (κ1) is 15.6. The molecule has 1 aliphatic rings. The van der Waals surface area contributed by atoms with Gasteiger partial charge in [0.2, 0.25) is 11.8 Å². The van der Waals surface area contributed by atoms with Gasteiger partial charge in [0.05, 0.1) is 11.9 Å². The van der Waals surface area contributed by atoms with Crippen molar-refractivity contribution in [2.45, 2.75) is 12.3 Å². The molecular formula is C19H14ClN3O2. The number of hydrogen-bond acceptors (Lipinski definition) is 3. The quantitative estimate of drug-likeness (QED) is 0.691. The molecule has 6 heteroatoms. The zero-order chi connectivity index (χ0) is 17.6. The van der Waals surface area contributed by atoms with Crippen LogP contribution in [-0.4, -0.2) is 16.8 Å². The number of nitrogens with zero attached hydrogens (tertiary/aromatic N) is 1. The summed E-state index contributed by atoms with van der Waals surface area (Å²) in [5.41, 5.74) is 0.364. The first-order valence-corrected chi connectivity index (χ1v) is 8.13. The van der Waals surface area contributed by atoms with Gasteiger partial charge in [0, 0.05) is 33.2 Å². The maximum absolute atomic E-state index is 13.0. The molecule has 1 atom stereocenters. The van der Waals surface area contributed by atoms with Crippen LogP contribution in [0.3, 0.4) is 0 Å². The number of amides is 2. The second-order valence-electron chi connectivity index (χ2n) is 6.13. The zero-order valence-corrected chi connectivity index (χ0v) is 14.1. The highest BCUT2D eigenvalue weighted by Gasteiger charge is 2.49. The normalized spacial score (nSPS) is 18.7. The number of halogens is 1. The fraction of sp³-hybridized carbons (Fsp3) is 0.105. The van der Waals surface area contributed by atoms with Crippen LogP contribution < -0.4 is 10.6 Å². The van der Waals surface area contributed by atoms with E-state index in [0.717, 1.165) is 10.8 Å². The van der Waals surface area contributed by atoms with Crippen LogP contribution >= 0.6 is 11.6 Å². The number of fused-ring (bicyclic) bond motifs is 2. The van der Waals surface area contributed by atoms with Crippen molar-refractivity contribution in [3.8, 4) is 0 Å². The number of nitrogens with one attached hydrogen (secondary N) is 2. The van der Waals surface area contributed by atoms with Crippen LogP contribution in [0, 0.1) is 0 Å². The lowest BCUT2D eigenvalue weighted by Gasteiger charge is -2.22. The first-order valence-electron chi connectivity index (χ1n) is 7.76. The van der Waals surface area contributed by atoms with Crippen molar-refractivity contribution >= 4 is 45.6 Å². The van der Waals surface area contributed by atoms with E-state index in [-0.39, 0.29) is 5.91 Å². The van der Waals surface area contributed by atoms with E-state index in [2.05, 4.69) is 15.6 Å². The minimum absolute atomic E-state index is 0.379. The highest BCUT2D eigenvalue weighted by molar-refractivity contribution is 6.31. The molecule has 1 aliphatic heterocycles. The Morgan fingerprint density at radius 3 is 2.84 bits per heavy atom. The minimum atomic E-state index is -1.36. The fourth-order valence-corrected chi connectivity index (χ4v) is 3.27. The second kappa shape index (κ2) is 5.57. The summed E-state index contributed by atoms with van der Waals surface area (Å²) in [5, 5.41) is 7.84. The van der Waals surface area contributed by atoms with Crippen LogP contribution in [0.15, 0.2) is 54.9 Å². The number of rotatable bonds is 2. The summed E-state index contributed by atoms with van der Waals surface area (Å²) in [5.74, 6) is -0.806. The summed E-state index contributed by atoms with van der Waals surface area (Å²) in [6.07, 6.45) is 3.30. The number of hydrogen-bond donors (Lipinski definition) is 2. The van der Waals surface area contributed by atoms with Crippen LogP contribution in [0.5, 0.6) is 0 Å². The number of carbonyl (C=O) groups excluding carboxylic acids is 2.